The van der Waals surface area contributed by atoms with E-state index in [1.807, 2.05) is 25.2 Å². The van der Waals surface area contributed by atoms with Crippen molar-refractivity contribution >= 4 is 5.91 Å². The third-order valence-electron chi connectivity index (χ3n) is 3.34. The highest BCUT2D eigenvalue weighted by atomic mass is 16.2. The van der Waals surface area contributed by atoms with Gasteiger partial charge in [-0.05, 0) is 31.6 Å². The third-order valence-corrected chi connectivity index (χ3v) is 3.34. The monoisotopic (exact) mass is 262 g/mol. The van der Waals surface area contributed by atoms with E-state index in [2.05, 4.69) is 15.2 Å². The second-order valence-electron chi connectivity index (χ2n) is 4.95. The Morgan fingerprint density at radius 2 is 2.32 bits per heavy atom. The van der Waals surface area contributed by atoms with Crippen LogP contribution >= 0.6 is 0 Å². The zero-order valence-corrected chi connectivity index (χ0v) is 11.5. The minimum absolute atomic E-state index is 0.160. The molecule has 1 aliphatic heterocycles. The van der Waals surface area contributed by atoms with Crippen molar-refractivity contribution < 1.29 is 4.79 Å². The highest BCUT2D eigenvalue weighted by Gasteiger charge is 2.16. The lowest BCUT2D eigenvalue weighted by Gasteiger charge is -2.23. The zero-order chi connectivity index (χ0) is 13.5. The second-order valence-corrected chi connectivity index (χ2v) is 4.95. The van der Waals surface area contributed by atoms with Gasteiger partial charge in [0.15, 0.2) is 0 Å². The number of pyridine rings is 1. The maximum absolute atomic E-state index is 12.2. The Balaban J connectivity index is 1.81. The fraction of sp³-hybridized carbons (Fsp3) is 0.571. The summed E-state index contributed by atoms with van der Waals surface area (Å²) in [6.07, 6.45) is 2.87. The molecule has 0 saturated carbocycles. The number of hydrogen-bond acceptors (Lipinski definition) is 4. The number of carbonyl (C=O) groups is 1. The van der Waals surface area contributed by atoms with Crippen LogP contribution in [0.1, 0.15) is 12.1 Å². The van der Waals surface area contributed by atoms with Gasteiger partial charge in [0.2, 0.25) is 5.91 Å². The molecule has 0 bridgehead atoms. The SMILES string of the molecule is CN(Cc1ccccn1)C(=O)CN1CCCNCC1. The number of carbonyl (C=O) groups excluding carboxylic acids is 1. The van der Waals surface area contributed by atoms with Crippen LogP contribution in [0.15, 0.2) is 24.4 Å². The number of rotatable bonds is 4. The van der Waals surface area contributed by atoms with Gasteiger partial charge in [-0.25, -0.2) is 0 Å². The van der Waals surface area contributed by atoms with Crippen molar-refractivity contribution in [3.8, 4) is 0 Å². The van der Waals surface area contributed by atoms with Crippen LogP contribution in [0.2, 0.25) is 0 Å². The van der Waals surface area contributed by atoms with Crippen molar-refractivity contribution in [1.82, 2.24) is 20.1 Å². The Hall–Kier alpha value is -1.46. The molecule has 5 heteroatoms. The zero-order valence-electron chi connectivity index (χ0n) is 11.5. The summed E-state index contributed by atoms with van der Waals surface area (Å²) in [5.41, 5.74) is 0.927. The molecular formula is C14H22N4O. The predicted molar refractivity (Wildman–Crippen MR) is 74.6 cm³/mol. The first-order valence-electron chi connectivity index (χ1n) is 6.82. The fourth-order valence-corrected chi connectivity index (χ4v) is 2.19. The lowest BCUT2D eigenvalue weighted by molar-refractivity contribution is -0.131. The minimum atomic E-state index is 0.160. The molecule has 0 spiro atoms. The number of nitrogens with zero attached hydrogens (tertiary/aromatic N) is 3. The molecular weight excluding hydrogens is 240 g/mol. The van der Waals surface area contributed by atoms with E-state index in [9.17, 15) is 4.79 Å². The second kappa shape index (κ2) is 7.21. The van der Waals surface area contributed by atoms with E-state index in [1.165, 1.54) is 0 Å². The van der Waals surface area contributed by atoms with E-state index in [-0.39, 0.29) is 5.91 Å². The van der Waals surface area contributed by atoms with Crippen molar-refractivity contribution in [3.63, 3.8) is 0 Å². The Morgan fingerprint density at radius 3 is 3.11 bits per heavy atom. The topological polar surface area (TPSA) is 48.5 Å². The van der Waals surface area contributed by atoms with E-state index < -0.39 is 0 Å². The van der Waals surface area contributed by atoms with Crippen molar-refractivity contribution in [2.45, 2.75) is 13.0 Å². The molecule has 5 nitrogen and oxygen atoms in total. The normalized spacial score (nSPS) is 16.9. The van der Waals surface area contributed by atoms with E-state index in [4.69, 9.17) is 0 Å². The molecule has 1 aromatic heterocycles. The van der Waals surface area contributed by atoms with Crippen LogP contribution in [0.25, 0.3) is 0 Å². The van der Waals surface area contributed by atoms with Crippen molar-refractivity contribution in [2.24, 2.45) is 0 Å². The summed E-state index contributed by atoms with van der Waals surface area (Å²) < 4.78 is 0. The Bertz CT molecular complexity index is 388. The van der Waals surface area contributed by atoms with Gasteiger partial charge in [-0.1, -0.05) is 6.07 Å². The van der Waals surface area contributed by atoms with Gasteiger partial charge in [0.1, 0.15) is 0 Å². The van der Waals surface area contributed by atoms with Crippen LogP contribution in [-0.4, -0.2) is 60.5 Å². The van der Waals surface area contributed by atoms with Gasteiger partial charge in [-0.3, -0.25) is 14.7 Å². The van der Waals surface area contributed by atoms with Crippen LogP contribution in [0, 0.1) is 0 Å². The molecule has 104 valence electrons. The molecule has 1 saturated heterocycles. The standard InChI is InChI=1S/C14H22N4O/c1-17(11-13-5-2-3-7-16-13)14(19)12-18-9-4-6-15-8-10-18/h2-3,5,7,15H,4,6,8-12H2,1H3. The third kappa shape index (κ3) is 4.61. The van der Waals surface area contributed by atoms with Gasteiger partial charge < -0.3 is 10.2 Å². The quantitative estimate of drug-likeness (QED) is 0.850. The fourth-order valence-electron chi connectivity index (χ4n) is 2.19. The van der Waals surface area contributed by atoms with Crippen molar-refractivity contribution in [3.05, 3.63) is 30.1 Å². The maximum Gasteiger partial charge on any atom is 0.236 e. The largest absolute Gasteiger partial charge is 0.339 e. The van der Waals surface area contributed by atoms with Crippen LogP contribution in [0.3, 0.4) is 0 Å². The molecule has 0 radical (unpaired) electrons. The molecule has 19 heavy (non-hydrogen) atoms. The Morgan fingerprint density at radius 1 is 1.42 bits per heavy atom. The summed E-state index contributed by atoms with van der Waals surface area (Å²) >= 11 is 0. The van der Waals surface area contributed by atoms with Crippen LogP contribution < -0.4 is 5.32 Å². The van der Waals surface area contributed by atoms with E-state index in [0.29, 0.717) is 13.1 Å². The number of hydrogen-bond donors (Lipinski definition) is 1. The molecule has 0 unspecified atom stereocenters. The highest BCUT2D eigenvalue weighted by molar-refractivity contribution is 5.77. The summed E-state index contributed by atoms with van der Waals surface area (Å²) in [5.74, 6) is 0.160. The molecule has 0 aliphatic carbocycles. The minimum Gasteiger partial charge on any atom is -0.339 e. The Labute approximate surface area is 114 Å². The van der Waals surface area contributed by atoms with E-state index in [0.717, 1.165) is 38.3 Å². The molecule has 1 amide bonds. The lowest BCUT2D eigenvalue weighted by atomic mass is 10.3. The van der Waals surface area contributed by atoms with Gasteiger partial charge in [0, 0.05) is 26.3 Å². The van der Waals surface area contributed by atoms with E-state index >= 15 is 0 Å². The molecule has 2 rings (SSSR count). The smallest absolute Gasteiger partial charge is 0.236 e. The van der Waals surface area contributed by atoms with Crippen LogP contribution in [-0.2, 0) is 11.3 Å². The predicted octanol–water partition coefficient (Wildman–Crippen LogP) is 0.335. The van der Waals surface area contributed by atoms with Gasteiger partial charge in [-0.2, -0.15) is 0 Å². The summed E-state index contributed by atoms with van der Waals surface area (Å²) in [4.78, 5) is 20.4. The average Bonchev–Trinajstić information content (AvgIpc) is 2.68. The van der Waals surface area contributed by atoms with Crippen LogP contribution in [0.4, 0.5) is 0 Å². The molecule has 0 atom stereocenters. The summed E-state index contributed by atoms with van der Waals surface area (Å²) in [6, 6.07) is 5.77. The molecule has 2 heterocycles. The average molecular weight is 262 g/mol. The van der Waals surface area contributed by atoms with Gasteiger partial charge in [0.25, 0.3) is 0 Å². The number of nitrogens with one attached hydrogen (secondary N) is 1. The summed E-state index contributed by atoms with van der Waals surface area (Å²) in [5, 5.41) is 3.34. The number of amides is 1. The van der Waals surface area contributed by atoms with Gasteiger partial charge in [0.05, 0.1) is 18.8 Å². The molecule has 1 fully saturated rings. The van der Waals surface area contributed by atoms with Crippen molar-refractivity contribution in [2.75, 3.05) is 39.8 Å². The summed E-state index contributed by atoms with van der Waals surface area (Å²) in [7, 11) is 1.84. The van der Waals surface area contributed by atoms with Gasteiger partial charge >= 0.3 is 0 Å². The van der Waals surface area contributed by atoms with Gasteiger partial charge in [-0.15, -0.1) is 0 Å². The van der Waals surface area contributed by atoms with E-state index in [1.54, 1.807) is 11.1 Å². The first-order chi connectivity index (χ1) is 9.25. The Kier molecular flexibility index (Phi) is 5.30. The van der Waals surface area contributed by atoms with Crippen molar-refractivity contribution in [1.29, 1.82) is 0 Å². The lowest BCUT2D eigenvalue weighted by Crippen LogP contribution is -2.39. The first-order valence-corrected chi connectivity index (χ1v) is 6.82. The molecule has 1 N–H and O–H groups in total. The first kappa shape index (κ1) is 14.0. The van der Waals surface area contributed by atoms with Crippen LogP contribution in [0.5, 0.6) is 0 Å². The number of aromatic nitrogens is 1. The maximum atomic E-state index is 12.2. The number of likely N-dealkylation sites (N-methyl/N-ethyl adjacent to an activating group) is 1. The molecule has 0 aromatic carbocycles. The molecule has 1 aliphatic rings. The highest BCUT2D eigenvalue weighted by Crippen LogP contribution is 2.01. The summed E-state index contributed by atoms with van der Waals surface area (Å²) in [6.45, 7) is 5.04. The molecule has 1 aromatic rings.